The molecule has 0 saturated carbocycles. The Morgan fingerprint density at radius 2 is 1.71 bits per heavy atom. The van der Waals surface area contributed by atoms with Crippen molar-refractivity contribution in [1.82, 2.24) is 0 Å². The third-order valence-corrected chi connectivity index (χ3v) is 2.00. The Balaban J connectivity index is 2.53. The minimum Gasteiger partial charge on any atom is -0.291 e. The Kier molecular flexibility index (Phi) is 4.05. The van der Waals surface area contributed by atoms with Crippen molar-refractivity contribution in [1.29, 1.82) is 0 Å². The molecule has 0 radical (unpaired) electrons. The highest BCUT2D eigenvalue weighted by atomic mass is 16.2. The molecule has 0 amide bonds. The maximum atomic E-state index is 11.4. The number of carbonyl (C=O) groups excluding carboxylic acids is 2. The number of ketones is 2. The number of carbonyl (C=O) groups is 2. The van der Waals surface area contributed by atoms with E-state index in [-0.39, 0.29) is 18.0 Å². The first-order chi connectivity index (χ1) is 6.74. The third-order valence-electron chi connectivity index (χ3n) is 2.00. The second kappa shape index (κ2) is 5.32. The monoisotopic (exact) mass is 190 g/mol. The molecule has 0 aliphatic heterocycles. The van der Waals surface area contributed by atoms with Gasteiger partial charge in [-0.15, -0.1) is 0 Å². The standard InChI is InChI=1S/C12H14O2/c1-2-6-11(13)12(14)9-10-7-4-3-5-8-10/h3-5,7-8H,2,6,9H2,1H3. The molecule has 0 N–H and O–H groups in total. The molecule has 0 spiro atoms. The summed E-state index contributed by atoms with van der Waals surface area (Å²) in [5.74, 6) is -0.533. The molecule has 14 heavy (non-hydrogen) atoms. The maximum Gasteiger partial charge on any atom is 0.202 e. The van der Waals surface area contributed by atoms with Gasteiger partial charge in [0, 0.05) is 12.8 Å². The largest absolute Gasteiger partial charge is 0.291 e. The van der Waals surface area contributed by atoms with Gasteiger partial charge in [-0.2, -0.15) is 0 Å². The fourth-order valence-electron chi connectivity index (χ4n) is 1.25. The Morgan fingerprint density at radius 1 is 1.07 bits per heavy atom. The number of hydrogen-bond acceptors (Lipinski definition) is 2. The summed E-state index contributed by atoms with van der Waals surface area (Å²) in [6.07, 6.45) is 1.34. The van der Waals surface area contributed by atoms with Gasteiger partial charge in [-0.3, -0.25) is 9.59 Å². The first kappa shape index (κ1) is 10.6. The highest BCUT2D eigenvalue weighted by Crippen LogP contribution is 2.02. The second-order valence-corrected chi connectivity index (χ2v) is 3.26. The van der Waals surface area contributed by atoms with E-state index in [9.17, 15) is 9.59 Å². The second-order valence-electron chi connectivity index (χ2n) is 3.26. The van der Waals surface area contributed by atoms with E-state index in [1.807, 2.05) is 37.3 Å². The highest BCUT2D eigenvalue weighted by molar-refractivity contribution is 6.37. The number of rotatable bonds is 5. The van der Waals surface area contributed by atoms with Crippen molar-refractivity contribution in [3.05, 3.63) is 35.9 Å². The zero-order valence-corrected chi connectivity index (χ0v) is 8.32. The van der Waals surface area contributed by atoms with Gasteiger partial charge in [0.15, 0.2) is 5.78 Å². The van der Waals surface area contributed by atoms with Crippen LogP contribution in [0.3, 0.4) is 0 Å². The number of Topliss-reactive ketones (excluding diaryl/α,β-unsaturated/α-hetero) is 2. The van der Waals surface area contributed by atoms with E-state index in [1.54, 1.807) is 0 Å². The predicted octanol–water partition coefficient (Wildman–Crippen LogP) is 2.17. The maximum absolute atomic E-state index is 11.4. The van der Waals surface area contributed by atoms with Crippen LogP contribution in [0.2, 0.25) is 0 Å². The Bertz CT molecular complexity index is 314. The van der Waals surface area contributed by atoms with Crippen molar-refractivity contribution in [2.24, 2.45) is 0 Å². The van der Waals surface area contributed by atoms with E-state index >= 15 is 0 Å². The topological polar surface area (TPSA) is 34.1 Å². The molecule has 0 unspecified atom stereocenters. The molecule has 0 bridgehead atoms. The van der Waals surface area contributed by atoms with Crippen LogP contribution in [0, 0.1) is 0 Å². The van der Waals surface area contributed by atoms with Gasteiger partial charge >= 0.3 is 0 Å². The molecule has 0 fully saturated rings. The van der Waals surface area contributed by atoms with Gasteiger partial charge in [0.05, 0.1) is 0 Å². The van der Waals surface area contributed by atoms with Crippen molar-refractivity contribution >= 4 is 11.6 Å². The summed E-state index contributed by atoms with van der Waals surface area (Å²) in [5, 5.41) is 0. The van der Waals surface area contributed by atoms with Gasteiger partial charge in [0.1, 0.15) is 0 Å². The molecule has 74 valence electrons. The van der Waals surface area contributed by atoms with Crippen molar-refractivity contribution in [2.75, 3.05) is 0 Å². The normalized spacial score (nSPS) is 9.79. The number of hydrogen-bond donors (Lipinski definition) is 0. The average molecular weight is 190 g/mol. The van der Waals surface area contributed by atoms with E-state index in [0.29, 0.717) is 6.42 Å². The summed E-state index contributed by atoms with van der Waals surface area (Å²) in [7, 11) is 0. The van der Waals surface area contributed by atoms with E-state index in [4.69, 9.17) is 0 Å². The Morgan fingerprint density at radius 3 is 2.29 bits per heavy atom. The van der Waals surface area contributed by atoms with E-state index in [1.165, 1.54) is 0 Å². The summed E-state index contributed by atoms with van der Waals surface area (Å²) >= 11 is 0. The molecule has 0 aliphatic carbocycles. The molecular weight excluding hydrogens is 176 g/mol. The van der Waals surface area contributed by atoms with Crippen LogP contribution in [0.4, 0.5) is 0 Å². The van der Waals surface area contributed by atoms with Crippen molar-refractivity contribution < 1.29 is 9.59 Å². The smallest absolute Gasteiger partial charge is 0.202 e. The highest BCUT2D eigenvalue weighted by Gasteiger charge is 2.12. The van der Waals surface area contributed by atoms with Crippen LogP contribution >= 0.6 is 0 Å². The molecule has 0 aliphatic rings. The van der Waals surface area contributed by atoms with Crippen molar-refractivity contribution in [3.63, 3.8) is 0 Å². The lowest BCUT2D eigenvalue weighted by Crippen LogP contribution is -2.15. The molecule has 1 rings (SSSR count). The molecule has 0 atom stereocenters. The zero-order chi connectivity index (χ0) is 10.4. The fraction of sp³-hybridized carbons (Fsp3) is 0.333. The summed E-state index contributed by atoms with van der Waals surface area (Å²) in [5.41, 5.74) is 0.905. The third kappa shape index (κ3) is 3.13. The Hall–Kier alpha value is -1.44. The van der Waals surface area contributed by atoms with Crippen molar-refractivity contribution in [3.8, 4) is 0 Å². The van der Waals surface area contributed by atoms with Crippen LogP contribution in [0.25, 0.3) is 0 Å². The minimum atomic E-state index is -0.280. The van der Waals surface area contributed by atoms with Gasteiger partial charge < -0.3 is 0 Å². The van der Waals surface area contributed by atoms with Crippen LogP contribution in [-0.4, -0.2) is 11.6 Å². The molecule has 1 aromatic rings. The molecule has 1 aromatic carbocycles. The van der Waals surface area contributed by atoms with Crippen LogP contribution in [0.5, 0.6) is 0 Å². The molecule has 2 heteroatoms. The summed E-state index contributed by atoms with van der Waals surface area (Å²) in [6, 6.07) is 9.34. The van der Waals surface area contributed by atoms with Gasteiger partial charge in [-0.25, -0.2) is 0 Å². The van der Waals surface area contributed by atoms with Crippen LogP contribution in [0.1, 0.15) is 25.3 Å². The van der Waals surface area contributed by atoms with Crippen LogP contribution in [-0.2, 0) is 16.0 Å². The lowest BCUT2D eigenvalue weighted by atomic mass is 10.0. The van der Waals surface area contributed by atoms with Gasteiger partial charge in [-0.1, -0.05) is 37.3 Å². The average Bonchev–Trinajstić information content (AvgIpc) is 2.19. The van der Waals surface area contributed by atoms with Gasteiger partial charge in [-0.05, 0) is 12.0 Å². The quantitative estimate of drug-likeness (QED) is 0.667. The Labute approximate surface area is 83.9 Å². The first-order valence-electron chi connectivity index (χ1n) is 4.84. The molecule has 0 saturated heterocycles. The summed E-state index contributed by atoms with van der Waals surface area (Å²) in [6.45, 7) is 1.90. The summed E-state index contributed by atoms with van der Waals surface area (Å²) < 4.78 is 0. The van der Waals surface area contributed by atoms with E-state index in [0.717, 1.165) is 12.0 Å². The van der Waals surface area contributed by atoms with Crippen LogP contribution < -0.4 is 0 Å². The van der Waals surface area contributed by atoms with Gasteiger partial charge in [0.2, 0.25) is 5.78 Å². The molecule has 0 heterocycles. The van der Waals surface area contributed by atoms with Gasteiger partial charge in [0.25, 0.3) is 0 Å². The molecule has 0 aromatic heterocycles. The lowest BCUT2D eigenvalue weighted by Gasteiger charge is -1.98. The predicted molar refractivity (Wildman–Crippen MR) is 55.1 cm³/mol. The first-order valence-corrected chi connectivity index (χ1v) is 4.84. The SMILES string of the molecule is CCCC(=O)C(=O)Cc1ccccc1. The summed E-state index contributed by atoms with van der Waals surface area (Å²) in [4.78, 5) is 22.6. The van der Waals surface area contributed by atoms with E-state index in [2.05, 4.69) is 0 Å². The number of benzene rings is 1. The minimum absolute atomic E-state index is 0.236. The zero-order valence-electron chi connectivity index (χ0n) is 8.32. The van der Waals surface area contributed by atoms with E-state index < -0.39 is 0 Å². The fourth-order valence-corrected chi connectivity index (χ4v) is 1.25. The van der Waals surface area contributed by atoms with Crippen LogP contribution in [0.15, 0.2) is 30.3 Å². The molecule has 2 nitrogen and oxygen atoms in total. The lowest BCUT2D eigenvalue weighted by molar-refractivity contribution is -0.136. The van der Waals surface area contributed by atoms with Crippen molar-refractivity contribution in [2.45, 2.75) is 26.2 Å². The molecular formula is C12H14O2.